The molecule has 1 aliphatic heterocycles. The van der Waals surface area contributed by atoms with Crippen LogP contribution >= 0.6 is 0 Å². The van der Waals surface area contributed by atoms with Crippen molar-refractivity contribution in [2.45, 2.75) is 13.0 Å². The molecule has 1 N–H and O–H groups in total. The van der Waals surface area contributed by atoms with Gasteiger partial charge in [0.05, 0.1) is 7.11 Å². The Morgan fingerprint density at radius 2 is 2.47 bits per heavy atom. The normalized spacial score (nSPS) is 20.1. The van der Waals surface area contributed by atoms with Crippen molar-refractivity contribution in [1.82, 2.24) is 15.3 Å². The summed E-state index contributed by atoms with van der Waals surface area (Å²) in [6.45, 7) is 4.78. The average molecular weight is 236 g/mol. The van der Waals surface area contributed by atoms with Crippen LogP contribution in [0.15, 0.2) is 12.3 Å². The van der Waals surface area contributed by atoms with Gasteiger partial charge in [0.2, 0.25) is 5.82 Å². The fraction of sp³-hybridized carbons (Fsp3) is 0.545. The van der Waals surface area contributed by atoms with Crippen molar-refractivity contribution in [2.24, 2.45) is 0 Å². The highest BCUT2D eigenvalue weighted by molar-refractivity contribution is 5.85. The van der Waals surface area contributed by atoms with Crippen LogP contribution < -0.4 is 10.2 Å². The number of piperazine rings is 1. The minimum absolute atomic E-state index is 0.108. The average Bonchev–Trinajstić information content (AvgIpc) is 2.38. The molecule has 0 unspecified atom stereocenters. The largest absolute Gasteiger partial charge is 0.463 e. The Morgan fingerprint density at radius 3 is 3.18 bits per heavy atom. The molecule has 1 aromatic heterocycles. The van der Waals surface area contributed by atoms with Gasteiger partial charge in [0.25, 0.3) is 0 Å². The van der Waals surface area contributed by atoms with Crippen LogP contribution in [0.25, 0.3) is 0 Å². The fourth-order valence-corrected chi connectivity index (χ4v) is 1.86. The standard InChI is InChI=1S/C11H16N4O2/c1-8-7-15(6-5-12-8)9-3-4-13-10(14-9)11(16)17-2/h3-4,8,12H,5-7H2,1-2H3/t8-/m1/s1. The molecule has 0 spiro atoms. The highest BCUT2D eigenvalue weighted by Crippen LogP contribution is 2.12. The molecule has 1 aromatic rings. The first-order valence-corrected chi connectivity index (χ1v) is 5.60. The van der Waals surface area contributed by atoms with Gasteiger partial charge in [0, 0.05) is 31.9 Å². The third-order valence-corrected chi connectivity index (χ3v) is 2.70. The lowest BCUT2D eigenvalue weighted by Crippen LogP contribution is -2.49. The van der Waals surface area contributed by atoms with Gasteiger partial charge in [0.1, 0.15) is 5.82 Å². The number of hydrogen-bond donors (Lipinski definition) is 1. The molecule has 1 fully saturated rings. The van der Waals surface area contributed by atoms with Crippen molar-refractivity contribution in [3.05, 3.63) is 18.1 Å². The summed E-state index contributed by atoms with van der Waals surface area (Å²) in [5.74, 6) is 0.375. The molecular weight excluding hydrogens is 220 g/mol. The summed E-state index contributed by atoms with van der Waals surface area (Å²) >= 11 is 0. The van der Waals surface area contributed by atoms with Crippen LogP contribution in [0.4, 0.5) is 5.82 Å². The second-order valence-corrected chi connectivity index (χ2v) is 4.03. The van der Waals surface area contributed by atoms with Gasteiger partial charge in [-0.1, -0.05) is 0 Å². The Hall–Kier alpha value is -1.69. The third-order valence-electron chi connectivity index (χ3n) is 2.70. The van der Waals surface area contributed by atoms with Crippen molar-refractivity contribution >= 4 is 11.8 Å². The monoisotopic (exact) mass is 236 g/mol. The number of nitrogens with zero attached hydrogens (tertiary/aromatic N) is 3. The van der Waals surface area contributed by atoms with Crippen molar-refractivity contribution in [3.63, 3.8) is 0 Å². The first kappa shape index (κ1) is 11.8. The molecule has 0 aliphatic carbocycles. The van der Waals surface area contributed by atoms with E-state index < -0.39 is 5.97 Å². The van der Waals surface area contributed by atoms with Gasteiger partial charge >= 0.3 is 5.97 Å². The van der Waals surface area contributed by atoms with Gasteiger partial charge in [-0.3, -0.25) is 0 Å². The van der Waals surface area contributed by atoms with Crippen molar-refractivity contribution in [1.29, 1.82) is 0 Å². The van der Waals surface area contributed by atoms with Crippen LogP contribution in [-0.2, 0) is 4.74 Å². The molecule has 1 atom stereocenters. The molecule has 0 saturated carbocycles. The van der Waals surface area contributed by atoms with Gasteiger partial charge < -0.3 is 15.0 Å². The summed E-state index contributed by atoms with van der Waals surface area (Å²) in [7, 11) is 1.32. The van der Waals surface area contributed by atoms with Crippen LogP contribution in [0.1, 0.15) is 17.5 Å². The molecule has 0 amide bonds. The Labute approximate surface area is 100 Å². The van der Waals surface area contributed by atoms with E-state index in [4.69, 9.17) is 0 Å². The van der Waals surface area contributed by atoms with E-state index in [-0.39, 0.29) is 5.82 Å². The molecule has 2 heterocycles. The van der Waals surface area contributed by atoms with Gasteiger partial charge in [-0.2, -0.15) is 0 Å². The number of aromatic nitrogens is 2. The van der Waals surface area contributed by atoms with Gasteiger partial charge in [-0.15, -0.1) is 0 Å². The summed E-state index contributed by atoms with van der Waals surface area (Å²) in [6.07, 6.45) is 1.58. The number of carbonyl (C=O) groups is 1. The summed E-state index contributed by atoms with van der Waals surface area (Å²) in [5, 5.41) is 3.35. The SMILES string of the molecule is COC(=O)c1nccc(N2CCN[C@H](C)C2)n1. The number of rotatable bonds is 2. The number of esters is 1. The third kappa shape index (κ3) is 2.71. The maximum Gasteiger partial charge on any atom is 0.376 e. The van der Waals surface area contributed by atoms with E-state index in [1.165, 1.54) is 7.11 Å². The summed E-state index contributed by atoms with van der Waals surface area (Å²) < 4.78 is 4.60. The second kappa shape index (κ2) is 5.09. The topological polar surface area (TPSA) is 67.3 Å². The molecule has 6 heteroatoms. The Balaban J connectivity index is 2.17. The first-order valence-electron chi connectivity index (χ1n) is 5.60. The number of ether oxygens (including phenoxy) is 1. The number of hydrogen-bond acceptors (Lipinski definition) is 6. The number of nitrogens with one attached hydrogen (secondary N) is 1. The predicted molar refractivity (Wildman–Crippen MR) is 63.0 cm³/mol. The molecule has 6 nitrogen and oxygen atoms in total. The van der Waals surface area contributed by atoms with E-state index >= 15 is 0 Å². The predicted octanol–water partition coefficient (Wildman–Crippen LogP) is 0.0613. The smallest absolute Gasteiger partial charge is 0.376 e. The molecule has 17 heavy (non-hydrogen) atoms. The van der Waals surface area contributed by atoms with E-state index in [1.54, 1.807) is 6.20 Å². The number of carbonyl (C=O) groups excluding carboxylic acids is 1. The van der Waals surface area contributed by atoms with Crippen molar-refractivity contribution < 1.29 is 9.53 Å². The first-order chi connectivity index (χ1) is 8.20. The zero-order valence-corrected chi connectivity index (χ0v) is 10.0. The van der Waals surface area contributed by atoms with Crippen LogP contribution in [0.5, 0.6) is 0 Å². The quantitative estimate of drug-likeness (QED) is 0.732. The van der Waals surface area contributed by atoms with Crippen molar-refractivity contribution in [2.75, 3.05) is 31.6 Å². The zero-order chi connectivity index (χ0) is 12.3. The van der Waals surface area contributed by atoms with Gasteiger partial charge in [-0.05, 0) is 13.0 Å². The number of methoxy groups -OCH3 is 1. The molecule has 92 valence electrons. The molecule has 0 bridgehead atoms. The van der Waals surface area contributed by atoms with Gasteiger partial charge in [0.15, 0.2) is 0 Å². The van der Waals surface area contributed by atoms with Crippen LogP contribution in [0.3, 0.4) is 0 Å². The molecule has 1 aliphatic rings. The maximum absolute atomic E-state index is 11.3. The van der Waals surface area contributed by atoms with Crippen LogP contribution in [0.2, 0.25) is 0 Å². The molecule has 2 rings (SSSR count). The second-order valence-electron chi connectivity index (χ2n) is 4.03. The summed E-state index contributed by atoms with van der Waals surface area (Å²) in [5.41, 5.74) is 0. The zero-order valence-electron chi connectivity index (χ0n) is 10.0. The lowest BCUT2D eigenvalue weighted by Gasteiger charge is -2.32. The highest BCUT2D eigenvalue weighted by Gasteiger charge is 2.18. The maximum atomic E-state index is 11.3. The molecule has 1 saturated heterocycles. The fourth-order valence-electron chi connectivity index (χ4n) is 1.86. The summed E-state index contributed by atoms with van der Waals surface area (Å²) in [4.78, 5) is 21.6. The Kier molecular flexibility index (Phi) is 3.53. The lowest BCUT2D eigenvalue weighted by molar-refractivity contribution is 0.0587. The summed E-state index contributed by atoms with van der Waals surface area (Å²) in [6, 6.07) is 2.23. The van der Waals surface area contributed by atoms with E-state index in [0.29, 0.717) is 6.04 Å². The minimum atomic E-state index is -0.505. The van der Waals surface area contributed by atoms with E-state index in [1.807, 2.05) is 6.07 Å². The highest BCUT2D eigenvalue weighted by atomic mass is 16.5. The molecule has 0 radical (unpaired) electrons. The lowest BCUT2D eigenvalue weighted by atomic mass is 10.2. The van der Waals surface area contributed by atoms with E-state index in [0.717, 1.165) is 25.5 Å². The van der Waals surface area contributed by atoms with Gasteiger partial charge in [-0.25, -0.2) is 14.8 Å². The van der Waals surface area contributed by atoms with E-state index in [2.05, 4.69) is 31.8 Å². The Morgan fingerprint density at radius 1 is 1.65 bits per heavy atom. The van der Waals surface area contributed by atoms with E-state index in [9.17, 15) is 4.79 Å². The molecule has 0 aromatic carbocycles. The van der Waals surface area contributed by atoms with Crippen LogP contribution in [0, 0.1) is 0 Å². The minimum Gasteiger partial charge on any atom is -0.463 e. The molecular formula is C11H16N4O2. The van der Waals surface area contributed by atoms with Crippen molar-refractivity contribution in [3.8, 4) is 0 Å². The number of anilines is 1. The Bertz CT molecular complexity index is 410. The van der Waals surface area contributed by atoms with Crippen LogP contribution in [-0.4, -0.2) is 48.7 Å².